The van der Waals surface area contributed by atoms with Gasteiger partial charge in [-0.25, -0.2) is 0 Å². The average molecular weight is 1060 g/mol. The van der Waals surface area contributed by atoms with Crippen LogP contribution >= 0.6 is 63.7 Å². The van der Waals surface area contributed by atoms with Gasteiger partial charge in [-0.05, 0) is 131 Å². The van der Waals surface area contributed by atoms with E-state index in [-0.39, 0.29) is 27.2 Å². The van der Waals surface area contributed by atoms with Gasteiger partial charge in [0.15, 0.2) is 27.2 Å². The molecule has 0 amide bonds. The van der Waals surface area contributed by atoms with Crippen molar-refractivity contribution in [2.75, 3.05) is 55.6 Å². The third-order valence-electron chi connectivity index (χ3n) is 9.61. The van der Waals surface area contributed by atoms with E-state index in [2.05, 4.69) is 137 Å². The molecule has 0 aliphatic rings. The monoisotopic (exact) mass is 1060 g/mol. The lowest BCUT2D eigenvalue weighted by molar-refractivity contribution is 0.0496. The van der Waals surface area contributed by atoms with Gasteiger partial charge in [0.1, 0.15) is 23.0 Å². The Morgan fingerprint density at radius 1 is 0.317 bits per heavy atom. The van der Waals surface area contributed by atoms with Crippen LogP contribution in [0.15, 0.2) is 139 Å². The number of ether oxygens (including phenoxy) is 8. The van der Waals surface area contributed by atoms with Crippen LogP contribution in [0.4, 0.5) is 0 Å². The Kier molecular flexibility index (Phi) is 15.0. The van der Waals surface area contributed by atoms with E-state index in [0.717, 1.165) is 83.2 Å². The molecule has 0 radical (unpaired) electrons. The summed E-state index contributed by atoms with van der Waals surface area (Å²) in [5.74, 6) is 2.78. The average Bonchev–Trinajstić information content (AvgIpc) is 3.26. The van der Waals surface area contributed by atoms with E-state index in [9.17, 15) is 0 Å². The fourth-order valence-corrected chi connectivity index (χ4v) is 9.44. The Morgan fingerprint density at radius 3 is 0.717 bits per heavy atom. The van der Waals surface area contributed by atoms with Gasteiger partial charge in [0.2, 0.25) is 0 Å². The summed E-state index contributed by atoms with van der Waals surface area (Å²) in [5, 5.41) is 8.57. The Hall–Kier alpha value is -4.24. The molecule has 308 valence electrons. The lowest BCUT2D eigenvalue weighted by atomic mass is 9.92. The SMILES string of the molecule is COCOc1c(Br)cc2ccccc2c1-c1c(OCOC)c(Br)cc2ccccc12.COCOc1c(Br)cc2ccccc2c1-c1c(OCOC)c(Br)cc2ccccc12. The minimum Gasteiger partial charge on any atom is -0.466 e. The number of hydrogen-bond acceptors (Lipinski definition) is 8. The quantitative estimate of drug-likeness (QED) is 0.0998. The molecule has 0 N–H and O–H groups in total. The van der Waals surface area contributed by atoms with Crippen LogP contribution in [0.3, 0.4) is 0 Å². The predicted octanol–water partition coefficient (Wildman–Crippen LogP) is 14.3. The topological polar surface area (TPSA) is 73.8 Å². The standard InChI is InChI=1S/2C24H20Br2O4/c2*1-27-13-29-23-19(25)11-15-7-3-5-9-17(15)21(23)22-18-10-6-4-8-16(18)12-20(26)24(22)30-14-28-2/h2*3-12H,13-14H2,1-2H3. The molecule has 0 aliphatic heterocycles. The van der Waals surface area contributed by atoms with Crippen molar-refractivity contribution in [2.24, 2.45) is 0 Å². The molecular weight excluding hydrogens is 1020 g/mol. The van der Waals surface area contributed by atoms with Crippen LogP contribution in [0.1, 0.15) is 0 Å². The zero-order chi connectivity index (χ0) is 42.2. The van der Waals surface area contributed by atoms with Crippen molar-refractivity contribution in [1.82, 2.24) is 0 Å². The molecule has 0 saturated carbocycles. The zero-order valence-corrected chi connectivity index (χ0v) is 39.5. The van der Waals surface area contributed by atoms with Gasteiger partial charge in [0, 0.05) is 50.7 Å². The number of halogens is 4. The maximum atomic E-state index is 6.06. The van der Waals surface area contributed by atoms with Crippen molar-refractivity contribution in [2.45, 2.75) is 0 Å². The summed E-state index contributed by atoms with van der Waals surface area (Å²) in [6.07, 6.45) is 0. The molecule has 0 atom stereocenters. The van der Waals surface area contributed by atoms with Gasteiger partial charge in [-0.15, -0.1) is 0 Å². The molecule has 8 aromatic rings. The first-order chi connectivity index (χ1) is 29.3. The van der Waals surface area contributed by atoms with Crippen molar-refractivity contribution in [3.05, 3.63) is 139 Å². The first kappa shape index (κ1) is 43.8. The van der Waals surface area contributed by atoms with E-state index in [1.807, 2.05) is 48.5 Å². The van der Waals surface area contributed by atoms with Crippen molar-refractivity contribution < 1.29 is 37.9 Å². The molecule has 0 unspecified atom stereocenters. The summed E-state index contributed by atoms with van der Waals surface area (Å²) in [6, 6.07) is 41.1. The Morgan fingerprint density at radius 2 is 0.517 bits per heavy atom. The predicted molar refractivity (Wildman–Crippen MR) is 255 cm³/mol. The molecule has 8 nitrogen and oxygen atoms in total. The lowest BCUT2D eigenvalue weighted by Gasteiger charge is -2.21. The highest BCUT2D eigenvalue weighted by Gasteiger charge is 2.25. The molecule has 0 aromatic heterocycles. The summed E-state index contributed by atoms with van der Waals surface area (Å²) < 4.78 is 48.4. The van der Waals surface area contributed by atoms with Gasteiger partial charge in [-0.1, -0.05) is 97.1 Å². The van der Waals surface area contributed by atoms with Crippen molar-refractivity contribution in [3.63, 3.8) is 0 Å². The van der Waals surface area contributed by atoms with Gasteiger partial charge in [-0.3, -0.25) is 0 Å². The molecule has 0 heterocycles. The summed E-state index contributed by atoms with van der Waals surface area (Å²) in [4.78, 5) is 0. The highest BCUT2D eigenvalue weighted by Crippen LogP contribution is 2.52. The summed E-state index contributed by atoms with van der Waals surface area (Å²) >= 11 is 14.8. The van der Waals surface area contributed by atoms with Crippen LogP contribution in [-0.4, -0.2) is 55.6 Å². The van der Waals surface area contributed by atoms with E-state index in [1.54, 1.807) is 28.4 Å². The molecule has 8 rings (SSSR count). The van der Waals surface area contributed by atoms with Crippen molar-refractivity contribution in [1.29, 1.82) is 0 Å². The minimum absolute atomic E-state index is 0.129. The third kappa shape index (κ3) is 9.17. The minimum atomic E-state index is 0.129. The lowest BCUT2D eigenvalue weighted by Crippen LogP contribution is -2.05. The second-order valence-corrected chi connectivity index (χ2v) is 16.8. The highest BCUT2D eigenvalue weighted by molar-refractivity contribution is 9.11. The van der Waals surface area contributed by atoms with Crippen molar-refractivity contribution in [3.8, 4) is 45.3 Å². The van der Waals surface area contributed by atoms with Crippen LogP contribution in [0, 0.1) is 0 Å². The van der Waals surface area contributed by atoms with Crippen LogP contribution in [0.2, 0.25) is 0 Å². The largest absolute Gasteiger partial charge is 0.466 e. The van der Waals surface area contributed by atoms with Gasteiger partial charge < -0.3 is 37.9 Å². The second-order valence-electron chi connectivity index (χ2n) is 13.3. The van der Waals surface area contributed by atoms with Gasteiger partial charge in [0.05, 0.1) is 17.9 Å². The summed E-state index contributed by atoms with van der Waals surface area (Å²) in [7, 11) is 6.43. The third-order valence-corrected chi connectivity index (χ3v) is 12.0. The fraction of sp³-hybridized carbons (Fsp3) is 0.167. The van der Waals surface area contributed by atoms with E-state index in [0.29, 0.717) is 23.0 Å². The van der Waals surface area contributed by atoms with E-state index in [4.69, 9.17) is 37.9 Å². The van der Waals surface area contributed by atoms with Gasteiger partial charge in [0.25, 0.3) is 0 Å². The van der Waals surface area contributed by atoms with Crippen molar-refractivity contribution >= 4 is 107 Å². The maximum absolute atomic E-state index is 6.06. The highest BCUT2D eigenvalue weighted by atomic mass is 79.9. The van der Waals surface area contributed by atoms with Crippen LogP contribution in [-0.2, 0) is 18.9 Å². The first-order valence-electron chi connectivity index (χ1n) is 18.6. The molecule has 0 spiro atoms. The van der Waals surface area contributed by atoms with E-state index in [1.165, 1.54) is 0 Å². The smallest absolute Gasteiger partial charge is 0.188 e. The van der Waals surface area contributed by atoms with Crippen LogP contribution in [0.5, 0.6) is 23.0 Å². The molecular formula is C48H40Br4O8. The Labute approximate surface area is 382 Å². The molecule has 8 aromatic carbocycles. The van der Waals surface area contributed by atoms with E-state index >= 15 is 0 Å². The molecule has 0 bridgehead atoms. The van der Waals surface area contributed by atoms with E-state index < -0.39 is 0 Å². The maximum Gasteiger partial charge on any atom is 0.188 e. The molecule has 60 heavy (non-hydrogen) atoms. The molecule has 12 heteroatoms. The number of methoxy groups -OCH3 is 4. The second kappa shape index (κ2) is 20.5. The Bertz CT molecular complexity index is 2410. The summed E-state index contributed by atoms with van der Waals surface area (Å²) in [6.45, 7) is 0.516. The molecule has 0 saturated heterocycles. The number of hydrogen-bond donors (Lipinski definition) is 0. The molecule has 0 fully saturated rings. The van der Waals surface area contributed by atoms with Gasteiger partial charge >= 0.3 is 0 Å². The summed E-state index contributed by atoms with van der Waals surface area (Å²) in [5.41, 5.74) is 3.72. The number of benzene rings is 8. The van der Waals surface area contributed by atoms with Gasteiger partial charge in [-0.2, -0.15) is 0 Å². The first-order valence-corrected chi connectivity index (χ1v) is 21.8. The Balaban J connectivity index is 0.000000181. The fourth-order valence-electron chi connectivity index (χ4n) is 7.21. The zero-order valence-electron chi connectivity index (χ0n) is 33.2. The van der Waals surface area contributed by atoms with Crippen LogP contribution < -0.4 is 18.9 Å². The normalized spacial score (nSPS) is 11.2. The molecule has 0 aliphatic carbocycles. The number of rotatable bonds is 14. The number of fused-ring (bicyclic) bond motifs is 4. The van der Waals surface area contributed by atoms with Crippen LogP contribution in [0.25, 0.3) is 65.3 Å².